The van der Waals surface area contributed by atoms with Gasteiger partial charge in [-0.05, 0) is 13.0 Å². The summed E-state index contributed by atoms with van der Waals surface area (Å²) in [5.41, 5.74) is 6.21. The van der Waals surface area contributed by atoms with Crippen molar-refractivity contribution in [2.24, 2.45) is 5.73 Å². The quantitative estimate of drug-likeness (QED) is 0.605. The number of anilines is 1. The van der Waals surface area contributed by atoms with Crippen LogP contribution in [0.25, 0.3) is 5.65 Å². The summed E-state index contributed by atoms with van der Waals surface area (Å²) in [5, 5.41) is 11.4. The molecule has 0 amide bonds. The van der Waals surface area contributed by atoms with Gasteiger partial charge in [0.15, 0.2) is 5.65 Å². The van der Waals surface area contributed by atoms with E-state index < -0.39 is 0 Å². The van der Waals surface area contributed by atoms with Crippen LogP contribution in [0.1, 0.15) is 13.3 Å². The fraction of sp³-hybridized carbons (Fsp3) is 0.364. The third-order valence-corrected chi connectivity index (χ3v) is 2.78. The summed E-state index contributed by atoms with van der Waals surface area (Å²) in [4.78, 5) is 6.49. The lowest BCUT2D eigenvalue weighted by Gasteiger charge is -2.25. The fourth-order valence-electron chi connectivity index (χ4n) is 1.68. The molecule has 6 nitrogen and oxygen atoms in total. The zero-order valence-corrected chi connectivity index (χ0v) is 9.96. The van der Waals surface area contributed by atoms with Crippen molar-refractivity contribution < 1.29 is 0 Å². The molecule has 0 aliphatic carbocycles. The van der Waals surface area contributed by atoms with Crippen LogP contribution in [-0.2, 0) is 0 Å². The Morgan fingerprint density at radius 1 is 1.59 bits per heavy atom. The number of nitrogens with one attached hydrogen (secondary N) is 1. The average molecular weight is 232 g/mol. The molecule has 2 aromatic rings. The maximum Gasteiger partial charge on any atom is 0.157 e. The third kappa shape index (κ3) is 2.35. The van der Waals surface area contributed by atoms with E-state index in [0.29, 0.717) is 6.42 Å². The second kappa shape index (κ2) is 4.40. The van der Waals surface area contributed by atoms with Gasteiger partial charge in [0.1, 0.15) is 5.82 Å². The minimum absolute atomic E-state index is 0.144. The zero-order valence-electron chi connectivity index (χ0n) is 9.96. The Morgan fingerprint density at radius 2 is 2.35 bits per heavy atom. The van der Waals surface area contributed by atoms with Crippen molar-refractivity contribution >= 4 is 17.3 Å². The molecule has 0 saturated heterocycles. The van der Waals surface area contributed by atoms with Crippen LogP contribution < -0.4 is 10.6 Å². The minimum atomic E-state index is 0.144. The summed E-state index contributed by atoms with van der Waals surface area (Å²) in [6.45, 7) is 2.02. The Hall–Kier alpha value is -2.11. The van der Waals surface area contributed by atoms with E-state index in [0.717, 1.165) is 11.5 Å². The van der Waals surface area contributed by atoms with Crippen molar-refractivity contribution in [2.45, 2.75) is 19.4 Å². The Kier molecular flexibility index (Phi) is 2.95. The number of fused-ring (bicyclic) bond motifs is 1. The van der Waals surface area contributed by atoms with Crippen molar-refractivity contribution in [3.8, 4) is 0 Å². The third-order valence-electron chi connectivity index (χ3n) is 2.78. The van der Waals surface area contributed by atoms with E-state index in [2.05, 4.69) is 10.1 Å². The zero-order chi connectivity index (χ0) is 12.4. The van der Waals surface area contributed by atoms with Crippen molar-refractivity contribution in [1.29, 1.82) is 5.41 Å². The molecular formula is C11H16N6. The highest BCUT2D eigenvalue weighted by molar-refractivity contribution is 5.77. The first-order chi connectivity index (χ1) is 8.08. The largest absolute Gasteiger partial charge is 0.388 e. The van der Waals surface area contributed by atoms with Gasteiger partial charge in [-0.2, -0.15) is 5.10 Å². The smallest absolute Gasteiger partial charge is 0.157 e. The molecular weight excluding hydrogens is 216 g/mol. The van der Waals surface area contributed by atoms with Gasteiger partial charge < -0.3 is 10.6 Å². The monoisotopic (exact) mass is 232 g/mol. The molecule has 0 spiro atoms. The fourth-order valence-corrected chi connectivity index (χ4v) is 1.68. The lowest BCUT2D eigenvalue weighted by Crippen LogP contribution is -2.33. The van der Waals surface area contributed by atoms with E-state index in [1.165, 1.54) is 0 Å². The summed E-state index contributed by atoms with van der Waals surface area (Å²) in [5.74, 6) is 1.04. The van der Waals surface area contributed by atoms with Crippen LogP contribution in [0.3, 0.4) is 0 Å². The van der Waals surface area contributed by atoms with E-state index in [9.17, 15) is 0 Å². The first-order valence-corrected chi connectivity index (χ1v) is 5.44. The lowest BCUT2D eigenvalue weighted by molar-refractivity contribution is 0.699. The van der Waals surface area contributed by atoms with E-state index in [-0.39, 0.29) is 11.9 Å². The molecule has 0 aliphatic heterocycles. The molecule has 0 saturated carbocycles. The molecule has 2 rings (SSSR count). The van der Waals surface area contributed by atoms with Gasteiger partial charge in [0, 0.05) is 31.8 Å². The van der Waals surface area contributed by atoms with Gasteiger partial charge in [0.25, 0.3) is 0 Å². The van der Waals surface area contributed by atoms with Gasteiger partial charge in [-0.3, -0.25) is 5.41 Å². The Labute approximate surface area is 99.6 Å². The predicted molar refractivity (Wildman–Crippen MR) is 67.4 cm³/mol. The lowest BCUT2D eigenvalue weighted by atomic mass is 10.2. The number of rotatable bonds is 4. The van der Waals surface area contributed by atoms with Gasteiger partial charge >= 0.3 is 0 Å². The summed E-state index contributed by atoms with van der Waals surface area (Å²) >= 11 is 0. The van der Waals surface area contributed by atoms with E-state index in [4.69, 9.17) is 11.1 Å². The molecule has 0 bridgehead atoms. The summed E-state index contributed by atoms with van der Waals surface area (Å²) in [6, 6.07) is 3.90. The van der Waals surface area contributed by atoms with Crippen LogP contribution in [0.5, 0.6) is 0 Å². The number of aromatic nitrogens is 3. The molecule has 1 atom stereocenters. The molecule has 0 aliphatic rings. The van der Waals surface area contributed by atoms with Crippen molar-refractivity contribution in [3.05, 3.63) is 24.5 Å². The van der Waals surface area contributed by atoms with Gasteiger partial charge in [0.05, 0.1) is 12.0 Å². The molecule has 0 radical (unpaired) electrons. The van der Waals surface area contributed by atoms with Crippen molar-refractivity contribution in [2.75, 3.05) is 11.9 Å². The number of hydrogen-bond donors (Lipinski definition) is 2. The maximum absolute atomic E-state index is 7.30. The van der Waals surface area contributed by atoms with Gasteiger partial charge in [-0.1, -0.05) is 0 Å². The number of nitrogens with two attached hydrogens (primary N) is 1. The maximum atomic E-state index is 7.30. The molecule has 1 unspecified atom stereocenters. The molecule has 0 aromatic carbocycles. The van der Waals surface area contributed by atoms with Crippen LogP contribution in [0.15, 0.2) is 24.5 Å². The van der Waals surface area contributed by atoms with E-state index in [1.54, 1.807) is 10.7 Å². The molecule has 90 valence electrons. The molecule has 17 heavy (non-hydrogen) atoms. The van der Waals surface area contributed by atoms with E-state index >= 15 is 0 Å². The Balaban J connectivity index is 2.23. The van der Waals surface area contributed by atoms with Gasteiger partial charge in [-0.15, -0.1) is 0 Å². The minimum Gasteiger partial charge on any atom is -0.388 e. The highest BCUT2D eigenvalue weighted by Crippen LogP contribution is 2.14. The molecule has 3 N–H and O–H groups in total. The molecule has 2 aromatic heterocycles. The SMILES string of the molecule is CC(CC(=N)N)N(C)c1ccn2nccc2n1. The van der Waals surface area contributed by atoms with Crippen LogP contribution in [0.4, 0.5) is 5.82 Å². The molecule has 2 heterocycles. The van der Waals surface area contributed by atoms with Crippen LogP contribution in [0, 0.1) is 5.41 Å². The average Bonchev–Trinajstić information content (AvgIpc) is 2.73. The normalized spacial score (nSPS) is 12.6. The highest BCUT2D eigenvalue weighted by atomic mass is 15.3. The summed E-state index contributed by atoms with van der Waals surface area (Å²) < 4.78 is 1.72. The summed E-state index contributed by atoms with van der Waals surface area (Å²) in [7, 11) is 1.95. The van der Waals surface area contributed by atoms with Crippen molar-refractivity contribution in [3.63, 3.8) is 0 Å². The standard InChI is InChI=1S/C11H16N6/c1-8(7-9(12)13)16(2)10-4-6-17-11(15-10)3-5-14-17/h3-6,8H,7H2,1-2H3,(H3,12,13). The molecule has 6 heteroatoms. The van der Waals surface area contributed by atoms with Crippen LogP contribution >= 0.6 is 0 Å². The first-order valence-electron chi connectivity index (χ1n) is 5.44. The van der Waals surface area contributed by atoms with Crippen molar-refractivity contribution in [1.82, 2.24) is 14.6 Å². The topological polar surface area (TPSA) is 83.3 Å². The number of nitrogens with zero attached hydrogens (tertiary/aromatic N) is 4. The second-order valence-electron chi connectivity index (χ2n) is 4.11. The Bertz CT molecular complexity index is 531. The van der Waals surface area contributed by atoms with Crippen LogP contribution in [-0.4, -0.2) is 33.5 Å². The first kappa shape index (κ1) is 11.4. The number of hydrogen-bond acceptors (Lipinski definition) is 4. The predicted octanol–water partition coefficient (Wildman–Crippen LogP) is 0.880. The van der Waals surface area contributed by atoms with E-state index in [1.807, 2.05) is 37.2 Å². The van der Waals surface area contributed by atoms with Crippen LogP contribution in [0.2, 0.25) is 0 Å². The summed E-state index contributed by atoms with van der Waals surface area (Å²) in [6.07, 6.45) is 4.11. The second-order valence-corrected chi connectivity index (χ2v) is 4.11. The van der Waals surface area contributed by atoms with Gasteiger partial charge in [0.2, 0.25) is 0 Å². The number of amidine groups is 1. The van der Waals surface area contributed by atoms with Gasteiger partial charge in [-0.25, -0.2) is 9.50 Å². The molecule has 0 fully saturated rings. The Morgan fingerprint density at radius 3 is 3.06 bits per heavy atom. The highest BCUT2D eigenvalue weighted by Gasteiger charge is 2.12.